The zero-order chi connectivity index (χ0) is 11.8. The monoisotopic (exact) mass is 205 g/mol. The Hall–Kier alpha value is -0.850. The van der Waals surface area contributed by atoms with Crippen molar-refractivity contribution >= 4 is 0 Å². The van der Waals surface area contributed by atoms with Crippen molar-refractivity contribution in [1.82, 2.24) is 4.98 Å². The summed E-state index contributed by atoms with van der Waals surface area (Å²) in [5.41, 5.74) is 6.87. The molecule has 0 aliphatic rings. The first-order chi connectivity index (χ1) is 6.72. The molecule has 0 fully saturated rings. The normalized spacial score (nSPS) is 11.9. The highest BCUT2D eigenvalue weighted by Crippen LogP contribution is 2.25. The van der Waals surface area contributed by atoms with Gasteiger partial charge in [0.05, 0.1) is 0 Å². The molecule has 0 saturated carbocycles. The topological polar surface area (TPSA) is 12.9 Å². The zero-order valence-corrected chi connectivity index (χ0v) is 11.2. The Kier molecular flexibility index (Phi) is 3.22. The minimum absolute atomic E-state index is 0.311. The molecule has 0 aromatic carbocycles. The maximum Gasteiger partial charge on any atom is 0.0444 e. The molecule has 0 bridgehead atoms. The second-order valence-corrected chi connectivity index (χ2v) is 5.76. The van der Waals surface area contributed by atoms with Gasteiger partial charge in [-0.1, -0.05) is 20.8 Å². The van der Waals surface area contributed by atoms with E-state index in [0.717, 1.165) is 6.42 Å². The second-order valence-electron chi connectivity index (χ2n) is 5.76. The van der Waals surface area contributed by atoms with Crippen molar-refractivity contribution in [2.75, 3.05) is 0 Å². The number of hydrogen-bond acceptors (Lipinski definition) is 1. The lowest BCUT2D eigenvalue weighted by molar-refractivity contribution is 0.405. The van der Waals surface area contributed by atoms with Crippen LogP contribution >= 0.6 is 0 Å². The van der Waals surface area contributed by atoms with Crippen LogP contribution in [0.25, 0.3) is 0 Å². The van der Waals surface area contributed by atoms with Crippen LogP contribution in [0.3, 0.4) is 0 Å². The van der Waals surface area contributed by atoms with Crippen molar-refractivity contribution in [2.45, 2.75) is 54.9 Å². The van der Waals surface area contributed by atoms with Crippen molar-refractivity contribution in [1.29, 1.82) is 0 Å². The van der Waals surface area contributed by atoms with Crippen LogP contribution in [-0.2, 0) is 6.42 Å². The molecule has 0 spiro atoms. The minimum Gasteiger partial charge on any atom is -0.258 e. The van der Waals surface area contributed by atoms with Gasteiger partial charge in [0.15, 0.2) is 0 Å². The fraction of sp³-hybridized carbons (Fsp3) is 0.643. The van der Waals surface area contributed by atoms with E-state index in [9.17, 15) is 0 Å². The number of nitrogens with zero attached hydrogens (tertiary/aromatic N) is 1. The van der Waals surface area contributed by atoms with E-state index in [4.69, 9.17) is 4.98 Å². The van der Waals surface area contributed by atoms with Gasteiger partial charge in [-0.05, 0) is 56.2 Å². The van der Waals surface area contributed by atoms with E-state index < -0.39 is 0 Å². The predicted octanol–water partition coefficient (Wildman–Crippen LogP) is 3.90. The molecule has 0 saturated heterocycles. The molecule has 15 heavy (non-hydrogen) atoms. The van der Waals surface area contributed by atoms with Gasteiger partial charge >= 0.3 is 0 Å². The Morgan fingerprint density at radius 3 is 1.87 bits per heavy atom. The molecule has 1 rings (SSSR count). The molecule has 0 aliphatic heterocycles. The smallest absolute Gasteiger partial charge is 0.0444 e. The quantitative estimate of drug-likeness (QED) is 0.677. The predicted molar refractivity (Wildman–Crippen MR) is 66.3 cm³/mol. The number of aromatic nitrogens is 1. The largest absolute Gasteiger partial charge is 0.258 e. The Labute approximate surface area is 93.9 Å². The third-order valence-electron chi connectivity index (χ3n) is 3.10. The van der Waals surface area contributed by atoms with Crippen LogP contribution in [-0.4, -0.2) is 4.98 Å². The number of pyridine rings is 1. The van der Waals surface area contributed by atoms with E-state index in [1.807, 2.05) is 0 Å². The summed E-state index contributed by atoms with van der Waals surface area (Å²) in [4.78, 5) is 4.72. The van der Waals surface area contributed by atoms with Crippen LogP contribution in [0.4, 0.5) is 0 Å². The van der Waals surface area contributed by atoms with Gasteiger partial charge in [0, 0.05) is 11.4 Å². The Morgan fingerprint density at radius 2 is 1.40 bits per heavy atom. The molecule has 0 atom stereocenters. The van der Waals surface area contributed by atoms with Crippen molar-refractivity contribution < 1.29 is 0 Å². The molecule has 0 amide bonds. The number of aryl methyl sites for hydroxylation is 1. The molecular formula is C14H23N. The van der Waals surface area contributed by atoms with Crippen LogP contribution in [0, 0.1) is 33.1 Å². The maximum atomic E-state index is 4.72. The summed E-state index contributed by atoms with van der Waals surface area (Å²) < 4.78 is 0. The van der Waals surface area contributed by atoms with Gasteiger partial charge in [0.1, 0.15) is 0 Å². The molecule has 1 heteroatoms. The Morgan fingerprint density at radius 1 is 0.867 bits per heavy atom. The fourth-order valence-corrected chi connectivity index (χ4v) is 1.81. The van der Waals surface area contributed by atoms with E-state index in [-0.39, 0.29) is 0 Å². The summed E-state index contributed by atoms with van der Waals surface area (Å²) in [7, 11) is 0. The first-order valence-electron chi connectivity index (χ1n) is 5.65. The summed E-state index contributed by atoms with van der Waals surface area (Å²) in [6.45, 7) is 15.4. The van der Waals surface area contributed by atoms with Crippen LogP contribution in [0.1, 0.15) is 48.8 Å². The van der Waals surface area contributed by atoms with Crippen LogP contribution in [0.15, 0.2) is 0 Å². The highest BCUT2D eigenvalue weighted by atomic mass is 14.7. The van der Waals surface area contributed by atoms with Crippen LogP contribution in [0.5, 0.6) is 0 Å². The van der Waals surface area contributed by atoms with E-state index in [0.29, 0.717) is 5.41 Å². The lowest BCUT2D eigenvalue weighted by atomic mass is 9.87. The third kappa shape index (κ3) is 2.80. The van der Waals surface area contributed by atoms with Crippen molar-refractivity contribution in [3.05, 3.63) is 28.1 Å². The molecular weight excluding hydrogens is 182 g/mol. The first-order valence-corrected chi connectivity index (χ1v) is 5.65. The average Bonchev–Trinajstić information content (AvgIpc) is 2.08. The first kappa shape index (κ1) is 12.2. The molecule has 84 valence electrons. The average molecular weight is 205 g/mol. The van der Waals surface area contributed by atoms with Gasteiger partial charge in [-0.2, -0.15) is 0 Å². The van der Waals surface area contributed by atoms with E-state index in [1.165, 1.54) is 28.1 Å². The third-order valence-corrected chi connectivity index (χ3v) is 3.10. The summed E-state index contributed by atoms with van der Waals surface area (Å²) in [5, 5.41) is 0. The number of hydrogen-bond donors (Lipinski definition) is 0. The fourth-order valence-electron chi connectivity index (χ4n) is 1.81. The van der Waals surface area contributed by atoms with Gasteiger partial charge in [0.25, 0.3) is 0 Å². The number of rotatable bonds is 1. The van der Waals surface area contributed by atoms with Gasteiger partial charge in [-0.3, -0.25) is 4.98 Å². The molecule has 0 unspecified atom stereocenters. The molecule has 0 aliphatic carbocycles. The summed E-state index contributed by atoms with van der Waals surface area (Å²) >= 11 is 0. The van der Waals surface area contributed by atoms with Gasteiger partial charge < -0.3 is 0 Å². The van der Waals surface area contributed by atoms with Crippen LogP contribution < -0.4 is 0 Å². The van der Waals surface area contributed by atoms with E-state index >= 15 is 0 Å². The lowest BCUT2D eigenvalue weighted by Crippen LogP contribution is -2.13. The Balaban J connectivity index is 3.21. The van der Waals surface area contributed by atoms with Crippen molar-refractivity contribution in [2.24, 2.45) is 5.41 Å². The summed E-state index contributed by atoms with van der Waals surface area (Å²) in [5.74, 6) is 0. The Bertz CT molecular complexity index is 370. The molecule has 1 aromatic rings. The van der Waals surface area contributed by atoms with Gasteiger partial charge in [-0.15, -0.1) is 0 Å². The second kappa shape index (κ2) is 3.96. The van der Waals surface area contributed by atoms with Gasteiger partial charge in [-0.25, -0.2) is 0 Å². The standard InChI is InChI=1S/C14H23N/c1-9-10(2)12(4)15-13(11(9)3)8-14(5,6)7/h8H2,1-7H3. The van der Waals surface area contributed by atoms with E-state index in [1.54, 1.807) is 0 Å². The molecule has 1 aromatic heterocycles. The zero-order valence-electron chi connectivity index (χ0n) is 11.2. The highest BCUT2D eigenvalue weighted by molar-refractivity contribution is 5.37. The van der Waals surface area contributed by atoms with Crippen molar-refractivity contribution in [3.8, 4) is 0 Å². The summed E-state index contributed by atoms with van der Waals surface area (Å²) in [6.07, 6.45) is 1.06. The maximum absolute atomic E-state index is 4.72. The minimum atomic E-state index is 0.311. The molecule has 0 N–H and O–H groups in total. The van der Waals surface area contributed by atoms with Crippen molar-refractivity contribution in [3.63, 3.8) is 0 Å². The van der Waals surface area contributed by atoms with Gasteiger partial charge in [0.2, 0.25) is 0 Å². The molecule has 1 heterocycles. The van der Waals surface area contributed by atoms with Crippen LogP contribution in [0.2, 0.25) is 0 Å². The highest BCUT2D eigenvalue weighted by Gasteiger charge is 2.16. The lowest BCUT2D eigenvalue weighted by Gasteiger charge is -2.21. The van der Waals surface area contributed by atoms with E-state index in [2.05, 4.69) is 48.5 Å². The SMILES string of the molecule is Cc1nc(CC(C)(C)C)c(C)c(C)c1C. The molecule has 1 nitrogen and oxygen atoms in total. The molecule has 0 radical (unpaired) electrons. The summed E-state index contributed by atoms with van der Waals surface area (Å²) in [6, 6.07) is 0.